The number of carbonyl (C=O) groups excluding carboxylic acids is 1. The highest BCUT2D eigenvalue weighted by Gasteiger charge is 2.34. The van der Waals surface area contributed by atoms with E-state index in [-0.39, 0.29) is 17.9 Å². The normalized spacial score (nSPS) is 16.9. The topological polar surface area (TPSA) is 60.7 Å². The summed E-state index contributed by atoms with van der Waals surface area (Å²) in [5, 5.41) is 0.510. The van der Waals surface area contributed by atoms with E-state index in [9.17, 15) is 9.59 Å². The molecule has 1 aliphatic rings. The van der Waals surface area contributed by atoms with Crippen LogP contribution in [-0.2, 0) is 4.79 Å². The Hall–Kier alpha value is -2.66. The highest BCUT2D eigenvalue weighted by Crippen LogP contribution is 2.38. The monoisotopic (exact) mass is 326 g/mol. The Balaban J connectivity index is 2.03. The number of nitrogens with zero attached hydrogens (tertiary/aromatic N) is 2. The van der Waals surface area contributed by atoms with E-state index < -0.39 is 11.9 Å². The molecular formula is C17H11ClN2O3. The van der Waals surface area contributed by atoms with Gasteiger partial charge in [0.05, 0.1) is 12.0 Å². The van der Waals surface area contributed by atoms with E-state index in [1.807, 2.05) is 12.1 Å². The fraction of sp³-hybridized carbons (Fsp3) is 0.118. The first-order valence-corrected chi connectivity index (χ1v) is 7.49. The van der Waals surface area contributed by atoms with E-state index in [1.165, 1.54) is 4.40 Å². The second-order valence-corrected chi connectivity index (χ2v) is 5.72. The molecule has 0 radical (unpaired) electrons. The van der Waals surface area contributed by atoms with Crippen molar-refractivity contribution >= 4 is 23.2 Å². The molecule has 4 rings (SSSR count). The van der Waals surface area contributed by atoms with Crippen molar-refractivity contribution in [2.75, 3.05) is 0 Å². The molecule has 114 valence electrons. The van der Waals surface area contributed by atoms with Crippen molar-refractivity contribution in [3.63, 3.8) is 0 Å². The maximum Gasteiger partial charge on any atom is 0.313 e. The molecule has 0 fully saturated rings. The number of pyridine rings is 1. The van der Waals surface area contributed by atoms with Crippen LogP contribution in [0.2, 0.25) is 5.02 Å². The number of hydrogen-bond acceptors (Lipinski definition) is 4. The summed E-state index contributed by atoms with van der Waals surface area (Å²) < 4.78 is 6.65. The Labute approximate surface area is 136 Å². The summed E-state index contributed by atoms with van der Waals surface area (Å²) in [7, 11) is 0. The molecule has 2 aromatic heterocycles. The van der Waals surface area contributed by atoms with Gasteiger partial charge in [0.1, 0.15) is 5.65 Å². The minimum absolute atomic E-state index is 0.0621. The molecule has 0 aliphatic carbocycles. The lowest BCUT2D eigenvalue weighted by Gasteiger charge is -2.24. The molecule has 3 aromatic rings. The van der Waals surface area contributed by atoms with Crippen LogP contribution in [0.25, 0.3) is 5.65 Å². The zero-order chi connectivity index (χ0) is 16.0. The van der Waals surface area contributed by atoms with E-state index in [1.54, 1.807) is 36.5 Å². The molecule has 1 aromatic carbocycles. The summed E-state index contributed by atoms with van der Waals surface area (Å²) in [5.41, 5.74) is 1.27. The number of halogens is 1. The Morgan fingerprint density at radius 2 is 1.91 bits per heavy atom. The van der Waals surface area contributed by atoms with Crippen LogP contribution in [0.3, 0.4) is 0 Å². The number of hydrogen-bond donors (Lipinski definition) is 0. The van der Waals surface area contributed by atoms with Crippen LogP contribution < -0.4 is 10.3 Å². The second-order valence-electron chi connectivity index (χ2n) is 5.32. The number of fused-ring (bicyclic) bond motifs is 2. The van der Waals surface area contributed by atoms with Gasteiger partial charge in [-0.1, -0.05) is 35.9 Å². The number of aromatic nitrogens is 2. The molecule has 1 atom stereocenters. The third-order valence-corrected chi connectivity index (χ3v) is 4.29. The van der Waals surface area contributed by atoms with Crippen LogP contribution in [0.4, 0.5) is 0 Å². The molecule has 5 nitrogen and oxygen atoms in total. The first-order chi connectivity index (χ1) is 11.1. The maximum absolute atomic E-state index is 12.9. The first-order valence-electron chi connectivity index (χ1n) is 7.11. The van der Waals surface area contributed by atoms with E-state index in [0.29, 0.717) is 16.2 Å². The van der Waals surface area contributed by atoms with Crippen LogP contribution >= 0.6 is 11.6 Å². The van der Waals surface area contributed by atoms with Crippen molar-refractivity contribution in [1.82, 2.24) is 9.38 Å². The number of benzene rings is 1. The minimum atomic E-state index is -0.461. The SMILES string of the molecule is O=C1CC(c2ccccc2Cl)c2c(nc3ccccn3c2=O)O1. The Morgan fingerprint density at radius 3 is 2.74 bits per heavy atom. The molecule has 0 amide bonds. The molecule has 0 spiro atoms. The van der Waals surface area contributed by atoms with Gasteiger partial charge in [-0.3, -0.25) is 14.0 Å². The highest BCUT2D eigenvalue weighted by atomic mass is 35.5. The summed E-state index contributed by atoms with van der Waals surface area (Å²) in [6.45, 7) is 0. The van der Waals surface area contributed by atoms with Gasteiger partial charge in [-0.05, 0) is 23.8 Å². The molecule has 1 aliphatic heterocycles. The van der Waals surface area contributed by atoms with Gasteiger partial charge in [0.25, 0.3) is 5.56 Å². The molecule has 6 heteroatoms. The van der Waals surface area contributed by atoms with Gasteiger partial charge in [-0.2, -0.15) is 4.98 Å². The van der Waals surface area contributed by atoms with Gasteiger partial charge in [-0.15, -0.1) is 0 Å². The van der Waals surface area contributed by atoms with Gasteiger partial charge in [0.2, 0.25) is 5.88 Å². The number of esters is 1. The zero-order valence-electron chi connectivity index (χ0n) is 11.9. The Bertz CT molecular complexity index is 997. The molecule has 3 heterocycles. The predicted octanol–water partition coefficient (Wildman–Crippen LogP) is 2.79. The summed E-state index contributed by atoms with van der Waals surface area (Å²) in [4.78, 5) is 29.1. The number of ether oxygens (including phenoxy) is 1. The van der Waals surface area contributed by atoms with Crippen molar-refractivity contribution in [3.8, 4) is 5.88 Å². The number of carbonyl (C=O) groups is 1. The molecular weight excluding hydrogens is 316 g/mol. The fourth-order valence-electron chi connectivity index (χ4n) is 2.90. The van der Waals surface area contributed by atoms with Gasteiger partial charge in [-0.25, -0.2) is 0 Å². The lowest BCUT2D eigenvalue weighted by atomic mass is 9.88. The minimum Gasteiger partial charge on any atom is -0.407 e. The van der Waals surface area contributed by atoms with Crippen molar-refractivity contribution in [3.05, 3.63) is 75.2 Å². The second kappa shape index (κ2) is 5.21. The Morgan fingerprint density at radius 1 is 1.13 bits per heavy atom. The predicted molar refractivity (Wildman–Crippen MR) is 85.0 cm³/mol. The summed E-state index contributed by atoms with van der Waals surface area (Å²) >= 11 is 6.26. The van der Waals surface area contributed by atoms with Crippen LogP contribution in [-0.4, -0.2) is 15.4 Å². The summed E-state index contributed by atoms with van der Waals surface area (Å²) in [6, 6.07) is 12.4. The van der Waals surface area contributed by atoms with Crippen LogP contribution in [0.15, 0.2) is 53.5 Å². The molecule has 0 bridgehead atoms. The van der Waals surface area contributed by atoms with Crippen LogP contribution in [0, 0.1) is 0 Å². The summed E-state index contributed by atoms with van der Waals surface area (Å²) in [6.07, 6.45) is 1.71. The van der Waals surface area contributed by atoms with E-state index in [2.05, 4.69) is 4.98 Å². The Kier molecular flexibility index (Phi) is 3.16. The molecule has 0 saturated carbocycles. The largest absolute Gasteiger partial charge is 0.407 e. The van der Waals surface area contributed by atoms with Crippen molar-refractivity contribution in [2.24, 2.45) is 0 Å². The lowest BCUT2D eigenvalue weighted by Crippen LogP contribution is -2.31. The maximum atomic E-state index is 12.9. The quantitative estimate of drug-likeness (QED) is 0.645. The molecule has 0 saturated heterocycles. The highest BCUT2D eigenvalue weighted by molar-refractivity contribution is 6.31. The molecule has 1 unspecified atom stereocenters. The van der Waals surface area contributed by atoms with Gasteiger partial charge < -0.3 is 4.74 Å². The average Bonchev–Trinajstić information content (AvgIpc) is 2.54. The first kappa shape index (κ1) is 14.0. The average molecular weight is 327 g/mol. The summed E-state index contributed by atoms with van der Waals surface area (Å²) in [5.74, 6) is -0.811. The third-order valence-electron chi connectivity index (χ3n) is 3.94. The third kappa shape index (κ3) is 2.21. The van der Waals surface area contributed by atoms with Crippen molar-refractivity contribution in [2.45, 2.75) is 12.3 Å². The smallest absolute Gasteiger partial charge is 0.313 e. The zero-order valence-corrected chi connectivity index (χ0v) is 12.7. The van der Waals surface area contributed by atoms with Gasteiger partial charge in [0.15, 0.2) is 0 Å². The van der Waals surface area contributed by atoms with E-state index >= 15 is 0 Å². The van der Waals surface area contributed by atoms with Gasteiger partial charge in [0, 0.05) is 17.1 Å². The van der Waals surface area contributed by atoms with Crippen LogP contribution in [0.1, 0.15) is 23.5 Å². The molecule has 23 heavy (non-hydrogen) atoms. The molecule has 0 N–H and O–H groups in total. The van der Waals surface area contributed by atoms with E-state index in [4.69, 9.17) is 16.3 Å². The number of rotatable bonds is 1. The van der Waals surface area contributed by atoms with Crippen molar-refractivity contribution < 1.29 is 9.53 Å². The fourth-order valence-corrected chi connectivity index (χ4v) is 3.17. The lowest BCUT2D eigenvalue weighted by molar-refractivity contribution is -0.135. The standard InChI is InChI=1S/C17H11ClN2O3/c18-12-6-2-1-5-10(12)11-9-14(21)23-16-15(11)17(22)20-8-4-3-7-13(20)19-16/h1-8,11H,9H2. The van der Waals surface area contributed by atoms with Gasteiger partial charge >= 0.3 is 5.97 Å². The van der Waals surface area contributed by atoms with E-state index in [0.717, 1.165) is 5.56 Å². The van der Waals surface area contributed by atoms with Crippen molar-refractivity contribution in [1.29, 1.82) is 0 Å². The van der Waals surface area contributed by atoms with Crippen LogP contribution in [0.5, 0.6) is 5.88 Å².